The van der Waals surface area contributed by atoms with Crippen molar-refractivity contribution in [2.24, 2.45) is 0 Å². The van der Waals surface area contributed by atoms with Crippen LogP contribution in [0.4, 0.5) is 18.9 Å². The maximum absolute atomic E-state index is 12.7. The molecular formula is C17H16ClF3N2O2. The van der Waals surface area contributed by atoms with Crippen molar-refractivity contribution in [2.45, 2.75) is 6.36 Å². The van der Waals surface area contributed by atoms with E-state index in [1.807, 2.05) is 6.07 Å². The summed E-state index contributed by atoms with van der Waals surface area (Å²) in [6, 6.07) is 8.60. The fourth-order valence-corrected chi connectivity index (χ4v) is 3.00. The molecule has 0 amide bonds. The zero-order valence-electron chi connectivity index (χ0n) is 13.1. The fourth-order valence-electron chi connectivity index (χ4n) is 2.78. The quantitative estimate of drug-likeness (QED) is 0.854. The van der Waals surface area contributed by atoms with Gasteiger partial charge in [0.15, 0.2) is 0 Å². The molecule has 0 saturated carbocycles. The molecule has 0 unspecified atom stereocenters. The Balaban J connectivity index is 2.04. The number of nitrogens with one attached hydrogen (secondary N) is 1. The first kappa shape index (κ1) is 17.7. The van der Waals surface area contributed by atoms with Crippen molar-refractivity contribution in [3.05, 3.63) is 41.4 Å². The molecule has 134 valence electrons. The van der Waals surface area contributed by atoms with E-state index in [0.29, 0.717) is 5.56 Å². The lowest BCUT2D eigenvalue weighted by atomic mass is 10.0. The molecule has 0 radical (unpaired) electrons. The van der Waals surface area contributed by atoms with Gasteiger partial charge in [-0.1, -0.05) is 11.6 Å². The zero-order valence-corrected chi connectivity index (χ0v) is 13.9. The van der Waals surface area contributed by atoms with Crippen molar-refractivity contribution in [1.29, 1.82) is 0 Å². The number of halogens is 4. The first-order chi connectivity index (χ1) is 11.8. The number of nitrogens with zero attached hydrogens (tertiary/aromatic N) is 1. The van der Waals surface area contributed by atoms with Crippen LogP contribution in [0.25, 0.3) is 11.1 Å². The molecule has 0 spiro atoms. The molecule has 25 heavy (non-hydrogen) atoms. The predicted molar refractivity (Wildman–Crippen MR) is 90.3 cm³/mol. The van der Waals surface area contributed by atoms with Gasteiger partial charge >= 0.3 is 6.36 Å². The molecule has 0 aliphatic carbocycles. The van der Waals surface area contributed by atoms with Crippen LogP contribution in [0.1, 0.15) is 0 Å². The highest BCUT2D eigenvalue weighted by Gasteiger charge is 2.32. The molecule has 1 fully saturated rings. The summed E-state index contributed by atoms with van der Waals surface area (Å²) in [5.41, 5.74) is 1.30. The number of benzene rings is 2. The summed E-state index contributed by atoms with van der Waals surface area (Å²) in [4.78, 5) is 2.11. The highest BCUT2D eigenvalue weighted by molar-refractivity contribution is 6.33. The SMILES string of the molecule is Oc1ccc(OC(F)(F)F)c(-c2cc(N3CCNCC3)ccc2Cl)c1. The van der Waals surface area contributed by atoms with Crippen LogP contribution in [0, 0.1) is 0 Å². The van der Waals surface area contributed by atoms with E-state index in [-0.39, 0.29) is 16.3 Å². The standard InChI is InChI=1S/C17H16ClF3N2O2/c18-15-3-1-11(23-7-5-22-6-8-23)9-13(15)14-10-12(24)2-4-16(14)25-17(19,20)21/h1-4,9-10,22,24H,5-8H2. The second-order valence-electron chi connectivity index (χ2n) is 5.63. The zero-order chi connectivity index (χ0) is 18.0. The van der Waals surface area contributed by atoms with Crippen molar-refractivity contribution in [2.75, 3.05) is 31.1 Å². The number of piperazine rings is 1. The van der Waals surface area contributed by atoms with Gasteiger partial charge in [0.2, 0.25) is 0 Å². The number of phenolic OH excluding ortho intramolecular Hbond substituents is 1. The summed E-state index contributed by atoms with van der Waals surface area (Å²) < 4.78 is 42.1. The number of hydrogen-bond acceptors (Lipinski definition) is 4. The van der Waals surface area contributed by atoms with E-state index >= 15 is 0 Å². The number of rotatable bonds is 3. The van der Waals surface area contributed by atoms with Crippen molar-refractivity contribution in [3.63, 3.8) is 0 Å². The maximum Gasteiger partial charge on any atom is 0.573 e. The highest BCUT2D eigenvalue weighted by atomic mass is 35.5. The van der Waals surface area contributed by atoms with Crippen molar-refractivity contribution in [3.8, 4) is 22.6 Å². The predicted octanol–water partition coefficient (Wildman–Crippen LogP) is 4.02. The van der Waals surface area contributed by atoms with Crippen molar-refractivity contribution < 1.29 is 23.0 Å². The van der Waals surface area contributed by atoms with Crippen molar-refractivity contribution >= 4 is 17.3 Å². The van der Waals surface area contributed by atoms with E-state index in [1.165, 1.54) is 6.07 Å². The number of alkyl halides is 3. The third kappa shape index (κ3) is 4.29. The van der Waals surface area contributed by atoms with E-state index in [9.17, 15) is 18.3 Å². The van der Waals surface area contributed by atoms with E-state index in [1.54, 1.807) is 12.1 Å². The van der Waals surface area contributed by atoms with Crippen LogP contribution in [0.2, 0.25) is 5.02 Å². The Morgan fingerprint density at radius 3 is 2.44 bits per heavy atom. The lowest BCUT2D eigenvalue weighted by Crippen LogP contribution is -2.43. The van der Waals surface area contributed by atoms with E-state index < -0.39 is 12.1 Å². The lowest BCUT2D eigenvalue weighted by Gasteiger charge is -2.30. The molecule has 0 aromatic heterocycles. The molecule has 2 aromatic rings. The van der Waals surface area contributed by atoms with Crippen LogP contribution in [0.15, 0.2) is 36.4 Å². The summed E-state index contributed by atoms with van der Waals surface area (Å²) in [6.07, 6.45) is -4.84. The van der Waals surface area contributed by atoms with Gasteiger partial charge in [-0.2, -0.15) is 0 Å². The number of hydrogen-bond donors (Lipinski definition) is 2. The highest BCUT2D eigenvalue weighted by Crippen LogP contribution is 2.40. The summed E-state index contributed by atoms with van der Waals surface area (Å²) in [6.45, 7) is 3.22. The minimum Gasteiger partial charge on any atom is -0.508 e. The van der Waals surface area contributed by atoms with E-state index in [4.69, 9.17) is 11.6 Å². The summed E-state index contributed by atoms with van der Waals surface area (Å²) in [5, 5.41) is 13.2. The Bertz CT molecular complexity index is 762. The molecule has 3 rings (SSSR count). The number of ether oxygens (including phenoxy) is 1. The average molecular weight is 373 g/mol. The molecule has 0 bridgehead atoms. The Hall–Kier alpha value is -2.12. The smallest absolute Gasteiger partial charge is 0.508 e. The van der Waals surface area contributed by atoms with Crippen molar-refractivity contribution in [1.82, 2.24) is 5.32 Å². The van der Waals surface area contributed by atoms with Gasteiger partial charge in [-0.05, 0) is 36.4 Å². The molecule has 1 saturated heterocycles. The molecule has 1 aliphatic heterocycles. The Labute approximate surface area is 147 Å². The normalized spacial score (nSPS) is 15.3. The van der Waals surface area contributed by atoms with Gasteiger partial charge < -0.3 is 20.1 Å². The molecule has 0 atom stereocenters. The molecule has 1 heterocycles. The summed E-state index contributed by atoms with van der Waals surface area (Å²) in [5.74, 6) is -0.585. The van der Waals surface area contributed by atoms with Crippen LogP contribution in [-0.4, -0.2) is 37.6 Å². The molecule has 2 aromatic carbocycles. The Morgan fingerprint density at radius 1 is 1.04 bits per heavy atom. The van der Waals surface area contributed by atoms with Crippen LogP contribution < -0.4 is 15.0 Å². The molecule has 8 heteroatoms. The van der Waals surface area contributed by atoms with Gasteiger partial charge in [-0.25, -0.2) is 0 Å². The monoisotopic (exact) mass is 372 g/mol. The number of anilines is 1. The van der Waals surface area contributed by atoms with E-state index in [2.05, 4.69) is 15.0 Å². The second kappa shape index (κ2) is 7.01. The minimum atomic E-state index is -4.84. The van der Waals surface area contributed by atoms with Gasteiger partial charge in [0.05, 0.1) is 0 Å². The van der Waals surface area contributed by atoms with Crippen LogP contribution in [0.3, 0.4) is 0 Å². The topological polar surface area (TPSA) is 44.7 Å². The maximum atomic E-state index is 12.7. The van der Waals surface area contributed by atoms with Gasteiger partial charge in [0.25, 0.3) is 0 Å². The Kier molecular flexibility index (Phi) is 4.96. The van der Waals surface area contributed by atoms with Gasteiger partial charge in [0.1, 0.15) is 11.5 Å². The first-order valence-electron chi connectivity index (χ1n) is 7.68. The number of phenols is 1. The third-order valence-corrected chi connectivity index (χ3v) is 4.24. The van der Waals surface area contributed by atoms with Gasteiger partial charge in [0, 0.05) is 48.0 Å². The van der Waals surface area contributed by atoms with E-state index in [0.717, 1.165) is 44.0 Å². The average Bonchev–Trinajstić information content (AvgIpc) is 2.57. The third-order valence-electron chi connectivity index (χ3n) is 3.91. The van der Waals surface area contributed by atoms with Gasteiger partial charge in [-0.3, -0.25) is 0 Å². The molecule has 2 N–H and O–H groups in total. The molecule has 4 nitrogen and oxygen atoms in total. The van der Waals surface area contributed by atoms with Crippen LogP contribution in [0.5, 0.6) is 11.5 Å². The first-order valence-corrected chi connectivity index (χ1v) is 8.05. The lowest BCUT2D eigenvalue weighted by molar-refractivity contribution is -0.274. The van der Waals surface area contributed by atoms with Gasteiger partial charge in [-0.15, -0.1) is 13.2 Å². The minimum absolute atomic E-state index is 0.0827. The largest absolute Gasteiger partial charge is 0.573 e. The molecule has 1 aliphatic rings. The fraction of sp³-hybridized carbons (Fsp3) is 0.294. The number of aromatic hydroxyl groups is 1. The summed E-state index contributed by atoms with van der Waals surface area (Å²) >= 11 is 6.22. The van der Waals surface area contributed by atoms with Crippen LogP contribution in [-0.2, 0) is 0 Å². The Morgan fingerprint density at radius 2 is 1.76 bits per heavy atom. The second-order valence-corrected chi connectivity index (χ2v) is 6.04. The molecular weight excluding hydrogens is 357 g/mol. The summed E-state index contributed by atoms with van der Waals surface area (Å²) in [7, 11) is 0. The van der Waals surface area contributed by atoms with Crippen LogP contribution >= 0.6 is 11.6 Å².